The summed E-state index contributed by atoms with van der Waals surface area (Å²) in [5.41, 5.74) is 8.91. The molecule has 7 aromatic rings. The van der Waals surface area contributed by atoms with E-state index in [9.17, 15) is 4.79 Å². The van der Waals surface area contributed by atoms with Crippen LogP contribution in [0.2, 0.25) is 0 Å². The fourth-order valence-electron chi connectivity index (χ4n) is 4.98. The van der Waals surface area contributed by atoms with Gasteiger partial charge >= 0.3 is 0 Å². The Morgan fingerprint density at radius 3 is 2.55 bits per heavy atom. The summed E-state index contributed by atoms with van der Waals surface area (Å²) in [4.78, 5) is 29.2. The summed E-state index contributed by atoms with van der Waals surface area (Å²) in [6.07, 6.45) is 9.17. The number of H-pyrrole nitrogens is 2. The molecule has 192 valence electrons. The third-order valence-corrected chi connectivity index (χ3v) is 6.89. The molecule has 0 aliphatic rings. The van der Waals surface area contributed by atoms with Gasteiger partial charge in [0.2, 0.25) is 5.91 Å². The first kappa shape index (κ1) is 23.5. The van der Waals surface area contributed by atoms with E-state index in [2.05, 4.69) is 47.6 Å². The normalized spacial score (nSPS) is 11.2. The van der Waals surface area contributed by atoms with Gasteiger partial charge in [0.15, 0.2) is 0 Å². The highest BCUT2D eigenvalue weighted by Crippen LogP contribution is 2.34. The molecule has 0 saturated carbocycles. The van der Waals surface area contributed by atoms with E-state index >= 15 is 0 Å². The van der Waals surface area contributed by atoms with Crippen LogP contribution in [0.25, 0.3) is 55.6 Å². The second kappa shape index (κ2) is 9.92. The van der Waals surface area contributed by atoms with Crippen LogP contribution < -0.4 is 5.32 Å². The van der Waals surface area contributed by atoms with E-state index in [-0.39, 0.29) is 5.91 Å². The molecule has 5 heterocycles. The van der Waals surface area contributed by atoms with Gasteiger partial charge in [0.05, 0.1) is 29.5 Å². The summed E-state index contributed by atoms with van der Waals surface area (Å²) in [6, 6.07) is 25.8. The number of aromatic amines is 2. The Bertz CT molecular complexity index is 1980. The lowest BCUT2D eigenvalue weighted by atomic mass is 10.0. The molecule has 0 aliphatic heterocycles. The standard InChI is InChI=1S/C32H23N7O/c40-30(13-20-5-2-1-3-6-20)36-24-14-23(18-34-19-24)21-8-9-28-27(15-21)31(39-38-28)29-16-26-25(10-12-35-32(26)37-29)22-7-4-11-33-17-22/h1-12,14-19H,13H2,(H,35,37)(H,36,40)(H,38,39). The van der Waals surface area contributed by atoms with Crippen LogP contribution in [0.4, 0.5) is 5.69 Å². The minimum Gasteiger partial charge on any atom is -0.338 e. The van der Waals surface area contributed by atoms with Gasteiger partial charge < -0.3 is 10.3 Å². The molecule has 5 aromatic heterocycles. The number of amides is 1. The molecule has 0 atom stereocenters. The number of rotatable bonds is 6. The minimum absolute atomic E-state index is 0.0872. The van der Waals surface area contributed by atoms with Crippen molar-refractivity contribution in [1.29, 1.82) is 0 Å². The highest BCUT2D eigenvalue weighted by molar-refractivity contribution is 6.01. The van der Waals surface area contributed by atoms with Gasteiger partial charge in [0.1, 0.15) is 11.3 Å². The van der Waals surface area contributed by atoms with Crippen LogP contribution in [-0.2, 0) is 11.2 Å². The molecule has 1 amide bonds. The summed E-state index contributed by atoms with van der Waals surface area (Å²) >= 11 is 0. The van der Waals surface area contributed by atoms with Crippen LogP contribution >= 0.6 is 0 Å². The van der Waals surface area contributed by atoms with E-state index in [1.165, 1.54) is 0 Å². The maximum atomic E-state index is 12.6. The molecular formula is C32H23N7O. The number of aromatic nitrogens is 6. The monoisotopic (exact) mass is 521 g/mol. The number of hydrogen-bond donors (Lipinski definition) is 3. The van der Waals surface area contributed by atoms with E-state index in [0.717, 1.165) is 61.1 Å². The molecule has 0 aliphatic carbocycles. The van der Waals surface area contributed by atoms with Crippen molar-refractivity contribution in [3.05, 3.63) is 115 Å². The largest absolute Gasteiger partial charge is 0.338 e. The summed E-state index contributed by atoms with van der Waals surface area (Å²) in [6.45, 7) is 0. The second-order valence-electron chi connectivity index (χ2n) is 9.55. The molecule has 0 spiro atoms. The molecule has 8 heteroatoms. The van der Waals surface area contributed by atoms with E-state index < -0.39 is 0 Å². The van der Waals surface area contributed by atoms with E-state index in [1.54, 1.807) is 24.8 Å². The smallest absolute Gasteiger partial charge is 0.228 e. The summed E-state index contributed by atoms with van der Waals surface area (Å²) < 4.78 is 0. The Kier molecular flexibility index (Phi) is 5.82. The topological polar surface area (TPSA) is 112 Å². The Balaban J connectivity index is 1.21. The maximum absolute atomic E-state index is 12.6. The van der Waals surface area contributed by atoms with E-state index in [0.29, 0.717) is 12.1 Å². The van der Waals surface area contributed by atoms with Gasteiger partial charge in [0.25, 0.3) is 0 Å². The number of carbonyl (C=O) groups excluding carboxylic acids is 1. The van der Waals surface area contributed by atoms with Crippen molar-refractivity contribution in [1.82, 2.24) is 30.1 Å². The fourth-order valence-corrected chi connectivity index (χ4v) is 4.98. The highest BCUT2D eigenvalue weighted by Gasteiger charge is 2.15. The molecule has 7 rings (SSSR count). The molecule has 8 nitrogen and oxygen atoms in total. The Morgan fingerprint density at radius 2 is 1.68 bits per heavy atom. The van der Waals surface area contributed by atoms with Crippen LogP contribution in [0.3, 0.4) is 0 Å². The highest BCUT2D eigenvalue weighted by atomic mass is 16.1. The van der Waals surface area contributed by atoms with Gasteiger partial charge in [-0.25, -0.2) is 4.98 Å². The predicted octanol–water partition coefficient (Wildman–Crippen LogP) is 6.41. The molecule has 0 radical (unpaired) electrons. The molecule has 0 saturated heterocycles. The van der Waals surface area contributed by atoms with Crippen molar-refractivity contribution < 1.29 is 4.79 Å². The van der Waals surface area contributed by atoms with Crippen LogP contribution in [-0.4, -0.2) is 36.0 Å². The first-order valence-corrected chi connectivity index (χ1v) is 12.9. The van der Waals surface area contributed by atoms with Crippen LogP contribution in [0.1, 0.15) is 5.56 Å². The second-order valence-corrected chi connectivity index (χ2v) is 9.55. The van der Waals surface area contributed by atoms with Crippen LogP contribution in [0, 0.1) is 0 Å². The zero-order valence-electron chi connectivity index (χ0n) is 21.3. The van der Waals surface area contributed by atoms with Gasteiger partial charge in [-0.2, -0.15) is 5.10 Å². The molecule has 3 N–H and O–H groups in total. The van der Waals surface area contributed by atoms with Crippen molar-refractivity contribution in [3.63, 3.8) is 0 Å². The minimum atomic E-state index is -0.0872. The molecular weight excluding hydrogens is 498 g/mol. The number of hydrogen-bond acceptors (Lipinski definition) is 5. The quantitative estimate of drug-likeness (QED) is 0.234. The number of nitrogens with one attached hydrogen (secondary N) is 3. The zero-order valence-corrected chi connectivity index (χ0v) is 21.3. The van der Waals surface area contributed by atoms with Gasteiger partial charge in [-0.1, -0.05) is 42.5 Å². The zero-order chi connectivity index (χ0) is 26.9. The van der Waals surface area contributed by atoms with Crippen molar-refractivity contribution in [2.24, 2.45) is 0 Å². The molecule has 40 heavy (non-hydrogen) atoms. The Labute approximate surface area is 229 Å². The van der Waals surface area contributed by atoms with E-state index in [1.807, 2.05) is 72.9 Å². The molecule has 0 bridgehead atoms. The van der Waals surface area contributed by atoms with Crippen molar-refractivity contribution in [2.75, 3.05) is 5.32 Å². The summed E-state index contributed by atoms with van der Waals surface area (Å²) in [5, 5.41) is 12.7. The third-order valence-electron chi connectivity index (χ3n) is 6.89. The van der Waals surface area contributed by atoms with Crippen molar-refractivity contribution in [3.8, 4) is 33.6 Å². The predicted molar refractivity (Wildman–Crippen MR) is 156 cm³/mol. The lowest BCUT2D eigenvalue weighted by molar-refractivity contribution is -0.115. The number of fused-ring (bicyclic) bond motifs is 2. The maximum Gasteiger partial charge on any atom is 0.228 e. The SMILES string of the molecule is O=C(Cc1ccccc1)Nc1cncc(-c2ccc3[nH]nc(-c4cc5c(-c6cccnc6)ccnc5[nH]4)c3c2)c1. The number of nitrogens with zero attached hydrogens (tertiary/aromatic N) is 4. The number of anilines is 1. The van der Waals surface area contributed by atoms with Gasteiger partial charge in [0, 0.05) is 46.7 Å². The lowest BCUT2D eigenvalue weighted by Crippen LogP contribution is -2.14. The van der Waals surface area contributed by atoms with Gasteiger partial charge in [-0.15, -0.1) is 0 Å². The molecule has 0 fully saturated rings. The van der Waals surface area contributed by atoms with Crippen LogP contribution in [0.5, 0.6) is 0 Å². The number of pyridine rings is 3. The lowest BCUT2D eigenvalue weighted by Gasteiger charge is -2.08. The average molecular weight is 522 g/mol. The van der Waals surface area contributed by atoms with Crippen LogP contribution in [0.15, 0.2) is 110 Å². The number of benzene rings is 2. The molecule has 2 aromatic carbocycles. The van der Waals surface area contributed by atoms with Gasteiger partial charge in [-0.3, -0.25) is 19.9 Å². The summed E-state index contributed by atoms with van der Waals surface area (Å²) in [5.74, 6) is -0.0872. The fraction of sp³-hybridized carbons (Fsp3) is 0.0312. The number of carbonyl (C=O) groups is 1. The summed E-state index contributed by atoms with van der Waals surface area (Å²) in [7, 11) is 0. The van der Waals surface area contributed by atoms with Crippen molar-refractivity contribution >= 4 is 33.5 Å². The first-order chi connectivity index (χ1) is 19.7. The Morgan fingerprint density at radius 1 is 0.775 bits per heavy atom. The molecule has 0 unspecified atom stereocenters. The average Bonchev–Trinajstić information content (AvgIpc) is 3.62. The third kappa shape index (κ3) is 4.48. The van der Waals surface area contributed by atoms with Gasteiger partial charge in [-0.05, 0) is 53.1 Å². The first-order valence-electron chi connectivity index (χ1n) is 12.9. The van der Waals surface area contributed by atoms with Crippen molar-refractivity contribution in [2.45, 2.75) is 6.42 Å². The van der Waals surface area contributed by atoms with E-state index in [4.69, 9.17) is 0 Å². The Hall–Kier alpha value is -5.63.